The molecule has 1 amide bonds. The summed E-state index contributed by atoms with van der Waals surface area (Å²) in [5.41, 5.74) is 6.48. The molecule has 0 aliphatic heterocycles. The molecule has 0 saturated carbocycles. The zero-order chi connectivity index (χ0) is 23.6. The van der Waals surface area contributed by atoms with Gasteiger partial charge in [-0.25, -0.2) is 24.9 Å². The molecule has 9 nitrogen and oxygen atoms in total. The van der Waals surface area contributed by atoms with Gasteiger partial charge in [0.1, 0.15) is 18.0 Å². The van der Waals surface area contributed by atoms with E-state index in [0.717, 1.165) is 11.8 Å². The summed E-state index contributed by atoms with van der Waals surface area (Å²) in [5.74, 6) is 0.0513. The van der Waals surface area contributed by atoms with Crippen molar-refractivity contribution in [2.45, 2.75) is 12.7 Å². The van der Waals surface area contributed by atoms with Crippen LogP contribution in [0.3, 0.4) is 0 Å². The number of amides is 1. The zero-order valence-electron chi connectivity index (χ0n) is 17.2. The number of aromatic nitrogens is 6. The number of anilines is 1. The van der Waals surface area contributed by atoms with Crippen LogP contribution in [0, 0.1) is 0 Å². The van der Waals surface area contributed by atoms with E-state index >= 15 is 0 Å². The first-order chi connectivity index (χ1) is 15.7. The lowest BCUT2D eigenvalue weighted by Gasteiger charge is -2.11. The fraction of sp³-hybridized carbons (Fsp3) is 0.143. The summed E-state index contributed by atoms with van der Waals surface area (Å²) in [6.07, 6.45) is 2.20. The Hall–Kier alpha value is -4.35. The molecule has 4 rings (SSSR count). The molecule has 0 atom stereocenters. The van der Waals surface area contributed by atoms with Crippen LogP contribution >= 0.6 is 0 Å². The molecule has 0 bridgehead atoms. The normalized spacial score (nSPS) is 11.4. The fourth-order valence-corrected chi connectivity index (χ4v) is 3.08. The standard InChI is InChI=1S/C21H17F3N8O/c1-32-10-16(21(22,23)24)30-20(32)13-4-2-12(3-5-13)6-28-19-15(17(25)33)9-29-18(31-19)14-7-26-11-27-8-14/h2-5,7-11H,6H2,1H3,(H2,25,33)(H,28,29,31). The topological polar surface area (TPSA) is 124 Å². The van der Waals surface area contributed by atoms with Crippen molar-refractivity contribution in [2.75, 3.05) is 5.32 Å². The number of nitrogens with two attached hydrogens (primary N) is 1. The molecule has 0 aliphatic carbocycles. The van der Waals surface area contributed by atoms with Crippen molar-refractivity contribution in [1.29, 1.82) is 0 Å². The van der Waals surface area contributed by atoms with E-state index < -0.39 is 17.8 Å². The van der Waals surface area contributed by atoms with Crippen molar-refractivity contribution in [3.63, 3.8) is 0 Å². The van der Waals surface area contributed by atoms with Crippen molar-refractivity contribution in [2.24, 2.45) is 12.8 Å². The highest BCUT2D eigenvalue weighted by Gasteiger charge is 2.34. The molecule has 1 aromatic carbocycles. The Morgan fingerprint density at radius 2 is 1.76 bits per heavy atom. The SMILES string of the molecule is Cn1cc(C(F)(F)F)nc1-c1ccc(CNc2nc(-c3cncnc3)ncc2C(N)=O)cc1. The Bertz CT molecular complexity index is 1290. The molecule has 12 heteroatoms. The van der Waals surface area contributed by atoms with E-state index in [4.69, 9.17) is 5.73 Å². The van der Waals surface area contributed by atoms with Crippen LogP contribution in [0.25, 0.3) is 22.8 Å². The Morgan fingerprint density at radius 1 is 1.06 bits per heavy atom. The lowest BCUT2D eigenvalue weighted by Crippen LogP contribution is -2.16. The second-order valence-electron chi connectivity index (χ2n) is 7.06. The van der Waals surface area contributed by atoms with E-state index in [-0.39, 0.29) is 23.8 Å². The van der Waals surface area contributed by atoms with E-state index in [2.05, 4.69) is 30.2 Å². The second kappa shape index (κ2) is 8.65. The molecule has 0 radical (unpaired) electrons. The fourth-order valence-electron chi connectivity index (χ4n) is 3.08. The van der Waals surface area contributed by atoms with Gasteiger partial charge >= 0.3 is 6.18 Å². The third kappa shape index (κ3) is 4.79. The van der Waals surface area contributed by atoms with Gasteiger partial charge in [-0.3, -0.25) is 4.79 Å². The third-order valence-electron chi connectivity index (χ3n) is 4.71. The van der Waals surface area contributed by atoms with Crippen LogP contribution in [0.1, 0.15) is 21.6 Å². The number of aryl methyl sites for hydroxylation is 1. The number of rotatable bonds is 6. The van der Waals surface area contributed by atoms with Crippen LogP contribution in [0.15, 0.2) is 55.4 Å². The maximum absolute atomic E-state index is 12.9. The van der Waals surface area contributed by atoms with Gasteiger partial charge in [0.05, 0.1) is 11.1 Å². The largest absolute Gasteiger partial charge is 0.434 e. The summed E-state index contributed by atoms with van der Waals surface area (Å²) in [4.78, 5) is 31.8. The minimum absolute atomic E-state index is 0.111. The van der Waals surface area contributed by atoms with Gasteiger partial charge in [0.15, 0.2) is 11.5 Å². The van der Waals surface area contributed by atoms with Gasteiger partial charge in [-0.1, -0.05) is 24.3 Å². The average molecular weight is 454 g/mol. The van der Waals surface area contributed by atoms with E-state index in [0.29, 0.717) is 17.0 Å². The third-order valence-corrected chi connectivity index (χ3v) is 4.71. The summed E-state index contributed by atoms with van der Waals surface area (Å²) in [6.45, 7) is 0.274. The van der Waals surface area contributed by atoms with Crippen LogP contribution in [0.4, 0.5) is 19.0 Å². The van der Waals surface area contributed by atoms with E-state index in [1.54, 1.807) is 24.3 Å². The number of nitrogens with zero attached hydrogens (tertiary/aromatic N) is 6. The lowest BCUT2D eigenvalue weighted by atomic mass is 10.1. The maximum Gasteiger partial charge on any atom is 0.434 e. The number of halogens is 3. The first-order valence-electron chi connectivity index (χ1n) is 9.58. The monoisotopic (exact) mass is 454 g/mol. The van der Waals surface area contributed by atoms with Crippen molar-refractivity contribution in [3.8, 4) is 22.8 Å². The van der Waals surface area contributed by atoms with E-state index in [1.165, 1.54) is 36.5 Å². The molecule has 3 aromatic heterocycles. The van der Waals surface area contributed by atoms with Crippen LogP contribution in [0.2, 0.25) is 0 Å². The van der Waals surface area contributed by atoms with Crippen molar-refractivity contribution >= 4 is 11.7 Å². The molecule has 168 valence electrons. The molecule has 33 heavy (non-hydrogen) atoms. The van der Waals surface area contributed by atoms with Crippen LogP contribution in [0.5, 0.6) is 0 Å². The summed E-state index contributed by atoms with van der Waals surface area (Å²) in [6, 6.07) is 6.81. The number of imidazole rings is 1. The van der Waals surface area contributed by atoms with Gasteiger partial charge in [-0.15, -0.1) is 0 Å². The van der Waals surface area contributed by atoms with E-state index in [9.17, 15) is 18.0 Å². The van der Waals surface area contributed by atoms with Crippen molar-refractivity contribution < 1.29 is 18.0 Å². The summed E-state index contributed by atoms with van der Waals surface area (Å²) in [5, 5.41) is 3.05. The average Bonchev–Trinajstić information content (AvgIpc) is 3.20. The van der Waals surface area contributed by atoms with Gasteiger partial charge in [-0.2, -0.15) is 13.2 Å². The molecule has 0 spiro atoms. The summed E-state index contributed by atoms with van der Waals surface area (Å²) < 4.78 is 40.1. The number of primary amides is 1. The molecular formula is C21H17F3N8O. The predicted molar refractivity (Wildman–Crippen MR) is 113 cm³/mol. The lowest BCUT2D eigenvalue weighted by molar-refractivity contribution is -0.140. The molecule has 0 aliphatic rings. The second-order valence-corrected chi connectivity index (χ2v) is 7.06. The smallest absolute Gasteiger partial charge is 0.365 e. The Kier molecular flexibility index (Phi) is 5.73. The highest BCUT2D eigenvalue weighted by atomic mass is 19.4. The number of alkyl halides is 3. The Morgan fingerprint density at radius 3 is 2.36 bits per heavy atom. The highest BCUT2D eigenvalue weighted by molar-refractivity contribution is 5.97. The number of carbonyl (C=O) groups excluding carboxylic acids is 1. The Labute approximate surface area is 185 Å². The number of hydrogen-bond donors (Lipinski definition) is 2. The highest BCUT2D eigenvalue weighted by Crippen LogP contribution is 2.30. The number of hydrogen-bond acceptors (Lipinski definition) is 7. The van der Waals surface area contributed by atoms with Gasteiger partial charge in [0.2, 0.25) is 0 Å². The number of benzene rings is 1. The first kappa shape index (κ1) is 21.9. The van der Waals surface area contributed by atoms with Crippen molar-refractivity contribution in [1.82, 2.24) is 29.5 Å². The summed E-state index contributed by atoms with van der Waals surface area (Å²) >= 11 is 0. The molecule has 3 heterocycles. The van der Waals surface area contributed by atoms with Gasteiger partial charge < -0.3 is 15.6 Å². The molecular weight excluding hydrogens is 437 g/mol. The quantitative estimate of drug-likeness (QED) is 0.459. The summed E-state index contributed by atoms with van der Waals surface area (Å²) in [7, 11) is 1.50. The van der Waals surface area contributed by atoms with Crippen LogP contribution < -0.4 is 11.1 Å². The minimum Gasteiger partial charge on any atom is -0.365 e. The Balaban J connectivity index is 1.54. The predicted octanol–water partition coefficient (Wildman–Crippen LogP) is 3.06. The number of nitrogens with one attached hydrogen (secondary N) is 1. The van der Waals surface area contributed by atoms with E-state index in [1.807, 2.05) is 0 Å². The molecule has 0 saturated heterocycles. The molecule has 0 fully saturated rings. The molecule has 0 unspecified atom stereocenters. The number of carbonyl (C=O) groups is 1. The molecule has 4 aromatic rings. The van der Waals surface area contributed by atoms with Gasteiger partial charge in [0, 0.05) is 43.9 Å². The zero-order valence-corrected chi connectivity index (χ0v) is 17.2. The van der Waals surface area contributed by atoms with Crippen LogP contribution in [-0.4, -0.2) is 35.4 Å². The van der Waals surface area contributed by atoms with Crippen LogP contribution in [-0.2, 0) is 19.8 Å². The van der Waals surface area contributed by atoms with Gasteiger partial charge in [0.25, 0.3) is 5.91 Å². The minimum atomic E-state index is -4.51. The first-order valence-corrected chi connectivity index (χ1v) is 9.58. The molecule has 3 N–H and O–H groups in total. The maximum atomic E-state index is 12.9. The van der Waals surface area contributed by atoms with Gasteiger partial charge in [-0.05, 0) is 5.56 Å². The van der Waals surface area contributed by atoms with Crippen molar-refractivity contribution in [3.05, 3.63) is 72.2 Å².